The number of thiazole rings is 1. The number of hydrogen-bond donors (Lipinski definition) is 1. The average Bonchev–Trinajstić information content (AvgIpc) is 3.37. The van der Waals surface area contributed by atoms with Crippen LogP contribution in [0.4, 0.5) is 11.4 Å². The second-order valence-electron chi connectivity index (χ2n) is 9.10. The number of imide groups is 1. The van der Waals surface area contributed by atoms with Gasteiger partial charge >= 0.3 is 4.87 Å². The number of para-hydroxylation sites is 1. The molecule has 2 aliphatic heterocycles. The molecule has 1 saturated heterocycles. The van der Waals surface area contributed by atoms with E-state index in [0.29, 0.717) is 31.3 Å². The summed E-state index contributed by atoms with van der Waals surface area (Å²) in [6.07, 6.45) is 0. The predicted molar refractivity (Wildman–Crippen MR) is 154 cm³/mol. The molecule has 196 valence electrons. The molecule has 3 heterocycles. The second-order valence-corrected chi connectivity index (χ2v) is 12.0. The van der Waals surface area contributed by atoms with Crippen LogP contribution in [-0.2, 0) is 20.9 Å². The van der Waals surface area contributed by atoms with Gasteiger partial charge in [0.1, 0.15) is 11.8 Å². The summed E-state index contributed by atoms with van der Waals surface area (Å²) in [6, 6.07) is 23.0. The van der Waals surface area contributed by atoms with Crippen LogP contribution in [0, 0.1) is 5.92 Å². The molecule has 2 aliphatic rings. The summed E-state index contributed by atoms with van der Waals surface area (Å²) in [5.74, 6) is -2.26. The summed E-state index contributed by atoms with van der Waals surface area (Å²) in [5, 5.41) is 3.17. The zero-order valence-corrected chi connectivity index (χ0v) is 23.2. The minimum atomic E-state index is -0.742. The van der Waals surface area contributed by atoms with Crippen molar-refractivity contribution >= 4 is 75.4 Å². The van der Waals surface area contributed by atoms with E-state index in [1.807, 2.05) is 36.4 Å². The number of fused-ring (bicyclic) bond motifs is 2. The maximum atomic E-state index is 13.8. The Morgan fingerprint density at radius 1 is 0.872 bits per heavy atom. The van der Waals surface area contributed by atoms with E-state index in [1.54, 1.807) is 36.4 Å². The molecule has 0 spiro atoms. The van der Waals surface area contributed by atoms with Crippen LogP contribution >= 0.6 is 46.3 Å². The van der Waals surface area contributed by atoms with Crippen molar-refractivity contribution in [1.82, 2.24) is 4.57 Å². The number of rotatable bonds is 5. The molecule has 0 aliphatic carbocycles. The minimum Gasteiger partial charge on any atom is -0.324 e. The molecule has 3 aromatic carbocycles. The first-order valence-corrected chi connectivity index (χ1v) is 14.4. The smallest absolute Gasteiger partial charge is 0.308 e. The zero-order valence-electron chi connectivity index (χ0n) is 20.0. The van der Waals surface area contributed by atoms with Gasteiger partial charge in [0.05, 0.1) is 26.7 Å². The van der Waals surface area contributed by atoms with Gasteiger partial charge in [0.2, 0.25) is 17.7 Å². The molecule has 4 aromatic rings. The van der Waals surface area contributed by atoms with Gasteiger partial charge in [0.15, 0.2) is 0 Å². The third-order valence-corrected chi connectivity index (χ3v) is 10.1. The maximum Gasteiger partial charge on any atom is 0.308 e. The normalized spacial score (nSPS) is 20.1. The maximum absolute atomic E-state index is 13.8. The van der Waals surface area contributed by atoms with E-state index in [0.717, 1.165) is 16.9 Å². The number of carbonyl (C=O) groups is 3. The fraction of sp³-hybridized carbons (Fsp3) is 0.143. The first-order chi connectivity index (χ1) is 18.8. The molecule has 0 bridgehead atoms. The summed E-state index contributed by atoms with van der Waals surface area (Å²) in [4.78, 5) is 55.2. The first-order valence-electron chi connectivity index (χ1n) is 12.0. The molecule has 6 rings (SSSR count). The van der Waals surface area contributed by atoms with Gasteiger partial charge in [-0.15, -0.1) is 0 Å². The Labute approximate surface area is 241 Å². The summed E-state index contributed by atoms with van der Waals surface area (Å²) in [5.41, 5.74) is 1.78. The standard InChI is InChI=1S/C28H19Cl2N3O4S2/c29-18-12-11-16(13-19(18)30)31-20(34)14-32-27-24(39-28(32)37)21(15-7-3-1-4-8-15)22-23(38-27)26(36)33(25(22)35)17-9-5-2-6-10-17/h1-13,21-23H,14H2,(H,31,34). The summed E-state index contributed by atoms with van der Waals surface area (Å²) >= 11 is 14.2. The summed E-state index contributed by atoms with van der Waals surface area (Å²) < 4.78 is 1.38. The molecule has 1 aromatic heterocycles. The number of halogens is 2. The third kappa shape index (κ3) is 4.59. The van der Waals surface area contributed by atoms with Crippen molar-refractivity contribution < 1.29 is 14.4 Å². The van der Waals surface area contributed by atoms with E-state index in [4.69, 9.17) is 23.2 Å². The van der Waals surface area contributed by atoms with E-state index in [1.165, 1.54) is 27.3 Å². The molecule has 0 saturated carbocycles. The topological polar surface area (TPSA) is 88.5 Å². The number of thioether (sulfide) groups is 1. The molecule has 3 atom stereocenters. The Balaban J connectivity index is 1.39. The third-order valence-electron chi connectivity index (χ3n) is 6.73. The fourth-order valence-electron chi connectivity index (χ4n) is 5.02. The monoisotopic (exact) mass is 595 g/mol. The highest BCUT2D eigenvalue weighted by Gasteiger charge is 2.56. The first kappa shape index (κ1) is 25.9. The van der Waals surface area contributed by atoms with Crippen molar-refractivity contribution in [3.05, 3.63) is 109 Å². The Kier molecular flexibility index (Phi) is 6.84. The van der Waals surface area contributed by atoms with E-state index < -0.39 is 23.0 Å². The Hall–Kier alpha value is -3.37. The van der Waals surface area contributed by atoms with E-state index >= 15 is 0 Å². The van der Waals surface area contributed by atoms with Crippen LogP contribution in [0.2, 0.25) is 10.0 Å². The van der Waals surface area contributed by atoms with Gasteiger partial charge in [-0.2, -0.15) is 0 Å². The number of aromatic nitrogens is 1. The van der Waals surface area contributed by atoms with Gasteiger partial charge < -0.3 is 5.32 Å². The summed E-state index contributed by atoms with van der Waals surface area (Å²) in [7, 11) is 0. The van der Waals surface area contributed by atoms with Crippen molar-refractivity contribution in [3.63, 3.8) is 0 Å². The largest absolute Gasteiger partial charge is 0.324 e. The minimum absolute atomic E-state index is 0.263. The van der Waals surface area contributed by atoms with Crippen LogP contribution in [0.15, 0.2) is 88.7 Å². The molecule has 39 heavy (non-hydrogen) atoms. The van der Waals surface area contributed by atoms with Crippen LogP contribution in [0.25, 0.3) is 0 Å². The van der Waals surface area contributed by atoms with E-state index in [2.05, 4.69) is 5.32 Å². The highest BCUT2D eigenvalue weighted by atomic mass is 35.5. The van der Waals surface area contributed by atoms with Crippen LogP contribution in [0.3, 0.4) is 0 Å². The van der Waals surface area contributed by atoms with Gasteiger partial charge in [0.25, 0.3) is 0 Å². The van der Waals surface area contributed by atoms with Crippen LogP contribution in [-0.4, -0.2) is 27.5 Å². The van der Waals surface area contributed by atoms with Crippen molar-refractivity contribution in [3.8, 4) is 0 Å². The quantitative estimate of drug-likeness (QED) is 0.301. The molecule has 3 unspecified atom stereocenters. The highest BCUT2D eigenvalue weighted by molar-refractivity contribution is 8.00. The molecule has 0 radical (unpaired) electrons. The van der Waals surface area contributed by atoms with Gasteiger partial charge in [-0.25, -0.2) is 4.90 Å². The SMILES string of the molecule is O=C(Cn1c2c(sc1=O)C(c1ccccc1)C1C(=O)N(c3ccccc3)C(=O)C1S2)Nc1ccc(Cl)c(Cl)c1. The Morgan fingerprint density at radius 3 is 2.26 bits per heavy atom. The molecule has 1 fully saturated rings. The second kappa shape index (κ2) is 10.3. The number of nitrogens with one attached hydrogen (secondary N) is 1. The number of benzene rings is 3. The van der Waals surface area contributed by atoms with Crippen molar-refractivity contribution in [1.29, 1.82) is 0 Å². The molecule has 11 heteroatoms. The van der Waals surface area contributed by atoms with Crippen LogP contribution in [0.1, 0.15) is 16.4 Å². The van der Waals surface area contributed by atoms with Gasteiger partial charge in [-0.05, 0) is 35.9 Å². The number of anilines is 2. The van der Waals surface area contributed by atoms with Crippen molar-refractivity contribution in [2.45, 2.75) is 22.7 Å². The highest BCUT2D eigenvalue weighted by Crippen LogP contribution is 2.53. The lowest BCUT2D eigenvalue weighted by atomic mass is 9.83. The van der Waals surface area contributed by atoms with Crippen molar-refractivity contribution in [2.24, 2.45) is 5.92 Å². The van der Waals surface area contributed by atoms with Gasteiger partial charge in [0, 0.05) is 16.5 Å². The van der Waals surface area contributed by atoms with Crippen molar-refractivity contribution in [2.75, 3.05) is 10.2 Å². The lowest BCUT2D eigenvalue weighted by Gasteiger charge is -2.30. The summed E-state index contributed by atoms with van der Waals surface area (Å²) in [6.45, 7) is -0.263. The lowest BCUT2D eigenvalue weighted by Crippen LogP contribution is -2.33. The van der Waals surface area contributed by atoms with Crippen LogP contribution in [0.5, 0.6) is 0 Å². The fourth-order valence-corrected chi connectivity index (χ4v) is 8.10. The molecular formula is C28H19Cl2N3O4S2. The molecule has 7 nitrogen and oxygen atoms in total. The number of hydrogen-bond acceptors (Lipinski definition) is 6. The Bertz CT molecular complexity index is 1670. The van der Waals surface area contributed by atoms with Gasteiger partial charge in [-0.1, -0.05) is 94.8 Å². The Morgan fingerprint density at radius 2 is 1.56 bits per heavy atom. The number of amides is 3. The van der Waals surface area contributed by atoms with Crippen LogP contribution < -0.4 is 15.1 Å². The van der Waals surface area contributed by atoms with E-state index in [9.17, 15) is 19.2 Å². The lowest BCUT2D eigenvalue weighted by molar-refractivity contribution is -0.122. The molecular weight excluding hydrogens is 577 g/mol. The average molecular weight is 597 g/mol. The van der Waals surface area contributed by atoms with Gasteiger partial charge in [-0.3, -0.25) is 23.7 Å². The molecule has 3 amide bonds. The zero-order chi connectivity index (χ0) is 27.3. The predicted octanol–water partition coefficient (Wildman–Crippen LogP) is 5.65. The number of nitrogens with zero attached hydrogens (tertiary/aromatic N) is 2. The number of carbonyl (C=O) groups excluding carboxylic acids is 3. The molecule has 1 N–H and O–H groups in total. The van der Waals surface area contributed by atoms with E-state index in [-0.39, 0.29) is 23.2 Å².